The normalized spacial score (nSPS) is 22.7. The molecule has 1 amide bonds. The molecule has 4 heteroatoms. The fourth-order valence-electron chi connectivity index (χ4n) is 3.07. The molecule has 0 bridgehead atoms. The van der Waals surface area contributed by atoms with Crippen LogP contribution in [0.25, 0.3) is 6.08 Å². The fourth-order valence-corrected chi connectivity index (χ4v) is 3.07. The maximum atomic E-state index is 12.6. The number of aliphatic hydroxyl groups is 1. The van der Waals surface area contributed by atoms with Gasteiger partial charge in [0.05, 0.1) is 13.2 Å². The predicted molar refractivity (Wildman–Crippen MR) is 99.5 cm³/mol. The van der Waals surface area contributed by atoms with E-state index in [0.29, 0.717) is 0 Å². The first-order valence-electron chi connectivity index (χ1n) is 8.14. The minimum absolute atomic E-state index is 0.211. The number of rotatable bonds is 6. The van der Waals surface area contributed by atoms with Gasteiger partial charge in [-0.1, -0.05) is 48.6 Å². The van der Waals surface area contributed by atoms with E-state index in [2.05, 4.69) is 6.58 Å². The number of nitrogens with zero attached hydrogens (tertiary/aromatic N) is 1. The molecule has 2 atom stereocenters. The molecule has 0 aromatic heterocycles. The zero-order valence-corrected chi connectivity index (χ0v) is 14.1. The van der Waals surface area contributed by atoms with Gasteiger partial charge in [0.25, 0.3) is 5.91 Å². The van der Waals surface area contributed by atoms with Crippen LogP contribution < -0.4 is 9.64 Å². The molecule has 3 rings (SSSR count). The Labute approximate surface area is 147 Å². The van der Waals surface area contributed by atoms with Crippen molar-refractivity contribution in [3.63, 3.8) is 0 Å². The van der Waals surface area contributed by atoms with E-state index >= 15 is 0 Å². The van der Waals surface area contributed by atoms with Gasteiger partial charge in [-0.25, -0.2) is 0 Å². The number of carbonyl (C=O) groups is 1. The van der Waals surface area contributed by atoms with Crippen molar-refractivity contribution in [1.29, 1.82) is 0 Å². The standard InChI is InChI=1S/C21H21NO3/c1-3-15-21(24)19(14-9-16-7-5-4-6-8-16)22(20(21)23)17-10-12-18(25-2)13-11-17/h3-14,19,24H,1,15H2,2H3/b14-9+/t19-,21+/m0/s1. The van der Waals surface area contributed by atoms with E-state index in [0.717, 1.165) is 17.0 Å². The van der Waals surface area contributed by atoms with Crippen LogP contribution in [-0.2, 0) is 4.79 Å². The van der Waals surface area contributed by atoms with E-state index < -0.39 is 11.6 Å². The molecule has 2 aromatic carbocycles. The zero-order chi connectivity index (χ0) is 17.9. The average molecular weight is 335 g/mol. The predicted octanol–water partition coefficient (Wildman–Crippen LogP) is 3.43. The Kier molecular flexibility index (Phi) is 4.72. The number of amides is 1. The maximum Gasteiger partial charge on any atom is 0.262 e. The fraction of sp³-hybridized carbons (Fsp3) is 0.190. The van der Waals surface area contributed by atoms with Crippen LogP contribution in [0.5, 0.6) is 5.75 Å². The molecule has 1 N–H and O–H groups in total. The van der Waals surface area contributed by atoms with Gasteiger partial charge in [0, 0.05) is 12.1 Å². The number of methoxy groups -OCH3 is 1. The van der Waals surface area contributed by atoms with Crippen LogP contribution in [0.2, 0.25) is 0 Å². The van der Waals surface area contributed by atoms with Crippen molar-refractivity contribution in [2.75, 3.05) is 12.0 Å². The van der Waals surface area contributed by atoms with Gasteiger partial charge in [-0.3, -0.25) is 9.69 Å². The molecule has 2 aromatic rings. The summed E-state index contributed by atoms with van der Waals surface area (Å²) >= 11 is 0. The Balaban J connectivity index is 1.91. The molecular weight excluding hydrogens is 314 g/mol. The summed E-state index contributed by atoms with van der Waals surface area (Å²) in [5, 5.41) is 10.8. The summed E-state index contributed by atoms with van der Waals surface area (Å²) in [6.45, 7) is 3.66. The molecule has 128 valence electrons. The second-order valence-corrected chi connectivity index (χ2v) is 6.00. The van der Waals surface area contributed by atoms with Gasteiger partial charge < -0.3 is 9.84 Å². The third-order valence-corrected chi connectivity index (χ3v) is 4.43. The molecule has 0 aliphatic carbocycles. The second kappa shape index (κ2) is 6.95. The lowest BCUT2D eigenvalue weighted by atomic mass is 9.78. The number of hydrogen-bond acceptors (Lipinski definition) is 3. The number of ether oxygens (including phenoxy) is 1. The minimum Gasteiger partial charge on any atom is -0.497 e. The summed E-state index contributed by atoms with van der Waals surface area (Å²) in [7, 11) is 1.60. The van der Waals surface area contributed by atoms with Crippen molar-refractivity contribution in [2.45, 2.75) is 18.1 Å². The number of benzene rings is 2. The summed E-state index contributed by atoms with van der Waals surface area (Å²) in [6, 6.07) is 16.6. The summed E-state index contributed by atoms with van der Waals surface area (Å²) in [6.07, 6.45) is 5.57. The number of hydrogen-bond donors (Lipinski definition) is 1. The third-order valence-electron chi connectivity index (χ3n) is 4.43. The smallest absolute Gasteiger partial charge is 0.262 e. The lowest BCUT2D eigenvalue weighted by Gasteiger charge is -2.51. The lowest BCUT2D eigenvalue weighted by molar-refractivity contribution is -0.149. The second-order valence-electron chi connectivity index (χ2n) is 6.00. The van der Waals surface area contributed by atoms with Gasteiger partial charge in [-0.2, -0.15) is 0 Å². The quantitative estimate of drug-likeness (QED) is 0.650. The molecule has 0 saturated carbocycles. The first-order valence-corrected chi connectivity index (χ1v) is 8.14. The highest BCUT2D eigenvalue weighted by molar-refractivity contribution is 6.09. The summed E-state index contributed by atoms with van der Waals surface area (Å²) in [5.41, 5.74) is 0.284. The van der Waals surface area contributed by atoms with Crippen LogP contribution in [0.1, 0.15) is 12.0 Å². The molecule has 1 aliphatic heterocycles. The minimum atomic E-state index is -1.45. The first-order chi connectivity index (χ1) is 12.1. The molecule has 25 heavy (non-hydrogen) atoms. The van der Waals surface area contributed by atoms with Gasteiger partial charge in [0.15, 0.2) is 5.60 Å². The molecule has 0 radical (unpaired) electrons. The Hall–Kier alpha value is -2.85. The summed E-state index contributed by atoms with van der Waals surface area (Å²) < 4.78 is 5.16. The highest BCUT2D eigenvalue weighted by atomic mass is 16.5. The van der Waals surface area contributed by atoms with Crippen LogP contribution in [0.4, 0.5) is 5.69 Å². The van der Waals surface area contributed by atoms with Crippen molar-refractivity contribution in [3.05, 3.63) is 78.9 Å². The van der Waals surface area contributed by atoms with Crippen molar-refractivity contribution in [3.8, 4) is 5.75 Å². The van der Waals surface area contributed by atoms with Crippen LogP contribution in [0.15, 0.2) is 73.3 Å². The van der Waals surface area contributed by atoms with Crippen LogP contribution in [0, 0.1) is 0 Å². The van der Waals surface area contributed by atoms with Gasteiger partial charge in [0.2, 0.25) is 0 Å². The van der Waals surface area contributed by atoms with Crippen LogP contribution >= 0.6 is 0 Å². The van der Waals surface area contributed by atoms with Gasteiger partial charge in [-0.15, -0.1) is 6.58 Å². The van der Waals surface area contributed by atoms with E-state index in [1.165, 1.54) is 0 Å². The van der Waals surface area contributed by atoms with Gasteiger partial charge >= 0.3 is 0 Å². The highest BCUT2D eigenvalue weighted by Gasteiger charge is 2.58. The number of anilines is 1. The average Bonchev–Trinajstić information content (AvgIpc) is 2.66. The summed E-state index contributed by atoms with van der Waals surface area (Å²) in [5.74, 6) is 0.398. The van der Waals surface area contributed by atoms with E-state index in [4.69, 9.17) is 4.74 Å². The molecule has 0 spiro atoms. The van der Waals surface area contributed by atoms with Crippen LogP contribution in [-0.4, -0.2) is 29.8 Å². The lowest BCUT2D eigenvalue weighted by Crippen LogP contribution is -2.73. The van der Waals surface area contributed by atoms with E-state index in [-0.39, 0.29) is 12.3 Å². The Morgan fingerprint density at radius 1 is 1.20 bits per heavy atom. The molecule has 1 fully saturated rings. The number of carbonyl (C=O) groups excluding carboxylic acids is 1. The van der Waals surface area contributed by atoms with Crippen molar-refractivity contribution >= 4 is 17.7 Å². The molecule has 1 aliphatic rings. The Bertz CT molecular complexity index is 783. The monoisotopic (exact) mass is 335 g/mol. The number of β-lactam (4-membered cyclic amide) rings is 1. The zero-order valence-electron chi connectivity index (χ0n) is 14.1. The highest BCUT2D eigenvalue weighted by Crippen LogP contribution is 2.39. The molecule has 1 heterocycles. The molecule has 4 nitrogen and oxygen atoms in total. The van der Waals surface area contributed by atoms with E-state index in [9.17, 15) is 9.90 Å². The van der Waals surface area contributed by atoms with Gasteiger partial charge in [0.1, 0.15) is 5.75 Å². The van der Waals surface area contributed by atoms with E-state index in [1.807, 2.05) is 54.6 Å². The van der Waals surface area contributed by atoms with E-state index in [1.54, 1.807) is 30.2 Å². The Morgan fingerprint density at radius 2 is 1.88 bits per heavy atom. The van der Waals surface area contributed by atoms with Crippen molar-refractivity contribution in [1.82, 2.24) is 0 Å². The first kappa shape index (κ1) is 17.0. The topological polar surface area (TPSA) is 49.8 Å². The van der Waals surface area contributed by atoms with Crippen LogP contribution in [0.3, 0.4) is 0 Å². The SMILES string of the molecule is C=CC[C@]1(O)C(=O)N(c2ccc(OC)cc2)[C@H]1/C=C/c1ccccc1. The molecule has 0 unspecified atom stereocenters. The summed E-state index contributed by atoms with van der Waals surface area (Å²) in [4.78, 5) is 14.2. The van der Waals surface area contributed by atoms with Crippen molar-refractivity contribution in [2.24, 2.45) is 0 Å². The maximum absolute atomic E-state index is 12.6. The molecule has 1 saturated heterocycles. The molecular formula is C21H21NO3. The van der Waals surface area contributed by atoms with Crippen molar-refractivity contribution < 1.29 is 14.6 Å². The van der Waals surface area contributed by atoms with Gasteiger partial charge in [-0.05, 0) is 29.8 Å². The Morgan fingerprint density at radius 3 is 2.48 bits per heavy atom. The largest absolute Gasteiger partial charge is 0.497 e. The third kappa shape index (κ3) is 3.08.